The molecule has 3 aromatic rings. The lowest BCUT2D eigenvalue weighted by molar-refractivity contribution is -0.384. The van der Waals surface area contributed by atoms with Crippen LogP contribution in [-0.2, 0) is 4.79 Å². The number of nitro benzene ring substituents is 1. The molecular formula is C25H25N3O3. The second-order valence-electron chi connectivity index (χ2n) is 7.77. The molecule has 1 N–H and O–H groups in total. The molecule has 0 atom stereocenters. The van der Waals surface area contributed by atoms with Crippen LogP contribution in [0.25, 0.3) is 0 Å². The Kier molecular flexibility index (Phi) is 6.26. The molecule has 0 aromatic heterocycles. The molecule has 3 aromatic carbocycles. The van der Waals surface area contributed by atoms with Crippen molar-refractivity contribution in [1.82, 2.24) is 5.32 Å². The molecule has 0 bridgehead atoms. The van der Waals surface area contributed by atoms with Gasteiger partial charge in [-0.15, -0.1) is 0 Å². The Bertz CT molecular complexity index is 993. The van der Waals surface area contributed by atoms with E-state index in [1.54, 1.807) is 12.1 Å². The molecule has 6 nitrogen and oxygen atoms in total. The van der Waals surface area contributed by atoms with E-state index in [0.29, 0.717) is 31.6 Å². The number of nitro groups is 1. The number of hydrogen-bond acceptors (Lipinski definition) is 4. The van der Waals surface area contributed by atoms with Gasteiger partial charge in [-0.3, -0.25) is 14.9 Å². The number of carbonyl (C=O) groups excluding carboxylic acids is 1. The van der Waals surface area contributed by atoms with E-state index in [4.69, 9.17) is 0 Å². The minimum atomic E-state index is -0.349. The lowest BCUT2D eigenvalue weighted by Gasteiger charge is -2.33. The molecule has 0 aliphatic carbocycles. The minimum absolute atomic E-state index is 0.0277. The molecule has 6 heteroatoms. The molecule has 1 fully saturated rings. The number of para-hydroxylation sites is 2. The zero-order valence-corrected chi connectivity index (χ0v) is 17.2. The first-order chi connectivity index (χ1) is 15.1. The van der Waals surface area contributed by atoms with Crippen LogP contribution in [0.1, 0.15) is 30.0 Å². The predicted octanol–water partition coefficient (Wildman–Crippen LogP) is 4.72. The summed E-state index contributed by atoms with van der Waals surface area (Å²) >= 11 is 0. The average molecular weight is 415 g/mol. The molecule has 1 amide bonds. The Morgan fingerprint density at radius 2 is 1.39 bits per heavy atom. The fourth-order valence-corrected chi connectivity index (χ4v) is 4.18. The van der Waals surface area contributed by atoms with Crippen molar-refractivity contribution in [3.05, 3.63) is 106 Å². The maximum atomic E-state index is 13.1. The van der Waals surface area contributed by atoms with E-state index in [9.17, 15) is 14.9 Å². The number of piperidine rings is 1. The molecule has 1 saturated heterocycles. The van der Waals surface area contributed by atoms with Crippen molar-refractivity contribution in [2.75, 3.05) is 18.0 Å². The molecule has 0 spiro atoms. The van der Waals surface area contributed by atoms with Gasteiger partial charge in [0.05, 0.1) is 11.0 Å². The largest absolute Gasteiger partial charge is 0.366 e. The highest BCUT2D eigenvalue weighted by atomic mass is 16.6. The van der Waals surface area contributed by atoms with Gasteiger partial charge in [-0.25, -0.2) is 0 Å². The van der Waals surface area contributed by atoms with E-state index in [2.05, 4.69) is 5.32 Å². The Hall–Kier alpha value is -3.67. The van der Waals surface area contributed by atoms with Crippen LogP contribution in [0.15, 0.2) is 84.9 Å². The minimum Gasteiger partial charge on any atom is -0.366 e. The van der Waals surface area contributed by atoms with Crippen molar-refractivity contribution in [3.63, 3.8) is 0 Å². The maximum Gasteiger partial charge on any atom is 0.292 e. The standard InChI is InChI=1S/C25H25N3O3/c29-25(26-24(19-9-3-1-4-10-19)20-11-5-2-6-12-20)21-15-17-27(18-16-21)22-13-7-8-14-23(22)28(30)31/h1-14,21,24H,15-18H2,(H,26,29). The van der Waals surface area contributed by atoms with Crippen molar-refractivity contribution in [1.29, 1.82) is 0 Å². The van der Waals surface area contributed by atoms with Crippen LogP contribution < -0.4 is 10.2 Å². The van der Waals surface area contributed by atoms with Crippen molar-refractivity contribution >= 4 is 17.3 Å². The normalized spacial score (nSPS) is 14.4. The lowest BCUT2D eigenvalue weighted by Crippen LogP contribution is -2.42. The van der Waals surface area contributed by atoms with Crippen LogP contribution >= 0.6 is 0 Å². The Balaban J connectivity index is 1.45. The monoisotopic (exact) mass is 415 g/mol. The lowest BCUT2D eigenvalue weighted by atomic mass is 9.93. The first-order valence-corrected chi connectivity index (χ1v) is 10.5. The van der Waals surface area contributed by atoms with Gasteiger partial charge in [-0.1, -0.05) is 72.8 Å². The van der Waals surface area contributed by atoms with E-state index in [-0.39, 0.29) is 28.5 Å². The van der Waals surface area contributed by atoms with Crippen LogP contribution in [-0.4, -0.2) is 23.9 Å². The van der Waals surface area contributed by atoms with Gasteiger partial charge >= 0.3 is 0 Å². The van der Waals surface area contributed by atoms with Crippen LogP contribution in [0.4, 0.5) is 11.4 Å². The predicted molar refractivity (Wildman–Crippen MR) is 121 cm³/mol. The Morgan fingerprint density at radius 3 is 1.94 bits per heavy atom. The fourth-order valence-electron chi connectivity index (χ4n) is 4.18. The van der Waals surface area contributed by atoms with Gasteiger partial charge in [-0.05, 0) is 30.0 Å². The van der Waals surface area contributed by atoms with Crippen LogP contribution in [0.3, 0.4) is 0 Å². The van der Waals surface area contributed by atoms with Gasteiger partial charge in [0.25, 0.3) is 5.69 Å². The van der Waals surface area contributed by atoms with Crippen molar-refractivity contribution < 1.29 is 9.72 Å². The molecule has 1 heterocycles. The average Bonchev–Trinajstić information content (AvgIpc) is 2.83. The summed E-state index contributed by atoms with van der Waals surface area (Å²) in [5, 5.41) is 14.6. The zero-order chi connectivity index (χ0) is 21.6. The van der Waals surface area contributed by atoms with E-state index in [1.807, 2.05) is 71.6 Å². The zero-order valence-electron chi connectivity index (χ0n) is 17.2. The van der Waals surface area contributed by atoms with Gasteiger partial charge in [0.2, 0.25) is 5.91 Å². The molecule has 1 aliphatic rings. The highest BCUT2D eigenvalue weighted by Crippen LogP contribution is 2.31. The van der Waals surface area contributed by atoms with Gasteiger partial charge in [0, 0.05) is 25.1 Å². The molecule has 0 saturated carbocycles. The SMILES string of the molecule is O=C(NC(c1ccccc1)c1ccccc1)C1CCN(c2ccccc2[N+](=O)[O-])CC1. The van der Waals surface area contributed by atoms with E-state index in [1.165, 1.54) is 6.07 Å². The second-order valence-corrected chi connectivity index (χ2v) is 7.77. The number of carbonyl (C=O) groups is 1. The van der Waals surface area contributed by atoms with E-state index in [0.717, 1.165) is 11.1 Å². The quantitative estimate of drug-likeness (QED) is 0.467. The molecular weight excluding hydrogens is 390 g/mol. The van der Waals surface area contributed by atoms with Gasteiger partial charge in [-0.2, -0.15) is 0 Å². The van der Waals surface area contributed by atoms with Gasteiger partial charge < -0.3 is 10.2 Å². The topological polar surface area (TPSA) is 75.5 Å². The van der Waals surface area contributed by atoms with Gasteiger partial charge in [0.1, 0.15) is 5.69 Å². The number of anilines is 1. The number of nitrogens with one attached hydrogen (secondary N) is 1. The summed E-state index contributed by atoms with van der Waals surface area (Å²) < 4.78 is 0. The number of benzene rings is 3. The summed E-state index contributed by atoms with van der Waals surface area (Å²) in [7, 11) is 0. The maximum absolute atomic E-state index is 13.1. The summed E-state index contributed by atoms with van der Waals surface area (Å²) in [4.78, 5) is 26.1. The second kappa shape index (κ2) is 9.43. The number of nitrogens with zero attached hydrogens (tertiary/aromatic N) is 2. The molecule has 31 heavy (non-hydrogen) atoms. The summed E-state index contributed by atoms with van der Waals surface area (Å²) in [6.45, 7) is 1.23. The van der Waals surface area contributed by atoms with Crippen LogP contribution in [0.5, 0.6) is 0 Å². The molecule has 1 aliphatic heterocycles. The van der Waals surface area contributed by atoms with Crippen molar-refractivity contribution in [2.24, 2.45) is 5.92 Å². The number of hydrogen-bond donors (Lipinski definition) is 1. The number of rotatable bonds is 6. The summed E-state index contributed by atoms with van der Waals surface area (Å²) in [6, 6.07) is 26.5. The van der Waals surface area contributed by atoms with Crippen molar-refractivity contribution in [2.45, 2.75) is 18.9 Å². The molecule has 0 radical (unpaired) electrons. The van der Waals surface area contributed by atoms with Crippen LogP contribution in [0, 0.1) is 16.0 Å². The van der Waals surface area contributed by atoms with E-state index >= 15 is 0 Å². The Labute approximate surface area is 181 Å². The third-order valence-corrected chi connectivity index (χ3v) is 5.84. The summed E-state index contributed by atoms with van der Waals surface area (Å²) in [6.07, 6.45) is 1.32. The number of amides is 1. The molecule has 0 unspecified atom stereocenters. The molecule has 158 valence electrons. The highest BCUT2D eigenvalue weighted by Gasteiger charge is 2.29. The molecule has 4 rings (SSSR count). The third kappa shape index (κ3) is 4.74. The first kappa shape index (κ1) is 20.6. The third-order valence-electron chi connectivity index (χ3n) is 5.84. The van der Waals surface area contributed by atoms with Crippen LogP contribution in [0.2, 0.25) is 0 Å². The smallest absolute Gasteiger partial charge is 0.292 e. The first-order valence-electron chi connectivity index (χ1n) is 10.5. The fraction of sp³-hybridized carbons (Fsp3) is 0.240. The van der Waals surface area contributed by atoms with Crippen molar-refractivity contribution in [3.8, 4) is 0 Å². The highest BCUT2D eigenvalue weighted by molar-refractivity contribution is 5.80. The van der Waals surface area contributed by atoms with E-state index < -0.39 is 0 Å². The summed E-state index contributed by atoms with van der Waals surface area (Å²) in [5.74, 6) is -0.0890. The van der Waals surface area contributed by atoms with Gasteiger partial charge in [0.15, 0.2) is 0 Å². The summed E-state index contributed by atoms with van der Waals surface area (Å²) in [5.41, 5.74) is 2.82. The Morgan fingerprint density at radius 1 is 0.871 bits per heavy atom.